The summed E-state index contributed by atoms with van der Waals surface area (Å²) in [6.07, 6.45) is 6.53. The van der Waals surface area contributed by atoms with Gasteiger partial charge in [0, 0.05) is 19.3 Å². The maximum Gasteiger partial charge on any atom is 0.244 e. The highest BCUT2D eigenvalue weighted by Gasteiger charge is 2.29. The zero-order valence-corrected chi connectivity index (χ0v) is 13.1. The SMILES string of the molecule is CN(C1CCCCC1)S(=O)(=O)c1ccc(C(N)=S)nc1. The van der Waals surface area contributed by atoms with Crippen LogP contribution in [-0.2, 0) is 10.0 Å². The Bertz CT molecular complexity index is 578. The molecule has 1 heterocycles. The molecule has 0 amide bonds. The Morgan fingerprint density at radius 2 is 2.00 bits per heavy atom. The van der Waals surface area contributed by atoms with Gasteiger partial charge in [0.15, 0.2) is 0 Å². The maximum atomic E-state index is 12.5. The van der Waals surface area contributed by atoms with E-state index in [1.54, 1.807) is 13.1 Å². The molecule has 0 aromatic carbocycles. The molecule has 1 saturated carbocycles. The smallest absolute Gasteiger partial charge is 0.244 e. The average molecular weight is 313 g/mol. The van der Waals surface area contributed by atoms with Gasteiger partial charge in [0.25, 0.3) is 0 Å². The molecule has 0 bridgehead atoms. The molecule has 1 aliphatic rings. The minimum atomic E-state index is -3.49. The molecule has 20 heavy (non-hydrogen) atoms. The second-order valence-corrected chi connectivity index (χ2v) is 7.49. The van der Waals surface area contributed by atoms with Crippen LogP contribution in [0.3, 0.4) is 0 Å². The topological polar surface area (TPSA) is 76.3 Å². The number of thiocarbonyl (C=S) groups is 1. The monoisotopic (exact) mass is 313 g/mol. The first-order valence-electron chi connectivity index (χ1n) is 6.67. The van der Waals surface area contributed by atoms with Gasteiger partial charge in [-0.05, 0) is 25.0 Å². The van der Waals surface area contributed by atoms with Crippen LogP contribution in [0, 0.1) is 0 Å². The highest BCUT2D eigenvalue weighted by molar-refractivity contribution is 7.89. The zero-order valence-electron chi connectivity index (χ0n) is 11.4. The van der Waals surface area contributed by atoms with Gasteiger partial charge >= 0.3 is 0 Å². The van der Waals surface area contributed by atoms with Crippen molar-refractivity contribution in [3.05, 3.63) is 24.0 Å². The summed E-state index contributed by atoms with van der Waals surface area (Å²) in [4.78, 5) is 4.35. The van der Waals surface area contributed by atoms with Gasteiger partial charge in [-0.1, -0.05) is 31.5 Å². The first-order chi connectivity index (χ1) is 9.43. The van der Waals surface area contributed by atoms with Gasteiger partial charge in [0.2, 0.25) is 10.0 Å². The molecular formula is C13H19N3O2S2. The predicted molar refractivity (Wildman–Crippen MR) is 81.9 cm³/mol. The molecule has 1 aliphatic carbocycles. The Kier molecular flexibility index (Phi) is 4.72. The molecule has 1 aromatic rings. The van der Waals surface area contributed by atoms with E-state index in [4.69, 9.17) is 18.0 Å². The summed E-state index contributed by atoms with van der Waals surface area (Å²) in [7, 11) is -1.85. The van der Waals surface area contributed by atoms with E-state index in [1.165, 1.54) is 23.0 Å². The number of nitrogens with zero attached hydrogens (tertiary/aromatic N) is 2. The van der Waals surface area contributed by atoms with Crippen molar-refractivity contribution in [2.75, 3.05) is 7.05 Å². The fraction of sp³-hybridized carbons (Fsp3) is 0.538. The summed E-state index contributed by atoms with van der Waals surface area (Å²) < 4.78 is 26.5. The Balaban J connectivity index is 2.22. The molecule has 0 spiro atoms. The molecule has 0 aliphatic heterocycles. The normalized spacial score (nSPS) is 17.3. The minimum Gasteiger partial charge on any atom is -0.388 e. The highest BCUT2D eigenvalue weighted by Crippen LogP contribution is 2.26. The van der Waals surface area contributed by atoms with Crippen LogP contribution in [0.15, 0.2) is 23.2 Å². The van der Waals surface area contributed by atoms with E-state index in [9.17, 15) is 8.42 Å². The first-order valence-corrected chi connectivity index (χ1v) is 8.51. The molecule has 1 fully saturated rings. The summed E-state index contributed by atoms with van der Waals surface area (Å²) in [5, 5.41) is 0. The number of hydrogen-bond donors (Lipinski definition) is 1. The first kappa shape index (κ1) is 15.3. The molecule has 0 saturated heterocycles. The standard InChI is InChI=1S/C13H19N3O2S2/c1-16(10-5-3-2-4-6-10)20(17,18)11-7-8-12(13(14)19)15-9-11/h7-10H,2-6H2,1H3,(H2,14,19). The van der Waals surface area contributed by atoms with Gasteiger partial charge in [-0.15, -0.1) is 0 Å². The molecular weight excluding hydrogens is 294 g/mol. The van der Waals surface area contributed by atoms with Gasteiger partial charge in [-0.25, -0.2) is 8.42 Å². The van der Waals surface area contributed by atoms with Crippen molar-refractivity contribution in [1.82, 2.24) is 9.29 Å². The Morgan fingerprint density at radius 1 is 1.35 bits per heavy atom. The van der Waals surface area contributed by atoms with E-state index < -0.39 is 10.0 Å². The molecule has 110 valence electrons. The molecule has 2 N–H and O–H groups in total. The van der Waals surface area contributed by atoms with E-state index in [0.717, 1.165) is 25.7 Å². The van der Waals surface area contributed by atoms with Gasteiger partial charge in [-0.3, -0.25) is 4.98 Å². The number of nitrogens with two attached hydrogens (primary N) is 1. The van der Waals surface area contributed by atoms with Crippen molar-refractivity contribution in [2.24, 2.45) is 5.73 Å². The number of pyridine rings is 1. The van der Waals surface area contributed by atoms with Crippen molar-refractivity contribution >= 4 is 27.2 Å². The second-order valence-electron chi connectivity index (χ2n) is 5.06. The van der Waals surface area contributed by atoms with Crippen LogP contribution in [0.2, 0.25) is 0 Å². The van der Waals surface area contributed by atoms with E-state index in [2.05, 4.69) is 4.98 Å². The summed E-state index contributed by atoms with van der Waals surface area (Å²) >= 11 is 4.81. The molecule has 1 aromatic heterocycles. The number of rotatable bonds is 4. The molecule has 0 radical (unpaired) electrons. The summed E-state index contributed by atoms with van der Waals surface area (Å²) in [5.74, 6) is 0. The van der Waals surface area contributed by atoms with Crippen molar-refractivity contribution in [1.29, 1.82) is 0 Å². The third-order valence-corrected chi connectivity index (χ3v) is 5.86. The van der Waals surface area contributed by atoms with Gasteiger partial charge in [0.05, 0.1) is 5.69 Å². The van der Waals surface area contributed by atoms with Crippen LogP contribution in [0.4, 0.5) is 0 Å². The van der Waals surface area contributed by atoms with Crippen molar-refractivity contribution in [3.63, 3.8) is 0 Å². The van der Waals surface area contributed by atoms with Crippen molar-refractivity contribution < 1.29 is 8.42 Å². The average Bonchev–Trinajstić information content (AvgIpc) is 2.47. The van der Waals surface area contributed by atoms with Gasteiger partial charge in [0.1, 0.15) is 9.88 Å². The maximum absolute atomic E-state index is 12.5. The van der Waals surface area contributed by atoms with Crippen LogP contribution < -0.4 is 5.73 Å². The molecule has 7 heteroatoms. The predicted octanol–water partition coefficient (Wildman–Crippen LogP) is 1.67. The van der Waals surface area contributed by atoms with Crippen LogP contribution >= 0.6 is 12.2 Å². The third kappa shape index (κ3) is 3.16. The van der Waals surface area contributed by atoms with E-state index >= 15 is 0 Å². The van der Waals surface area contributed by atoms with Gasteiger partial charge < -0.3 is 5.73 Å². The number of aromatic nitrogens is 1. The van der Waals surface area contributed by atoms with E-state index in [1.807, 2.05) is 0 Å². The summed E-state index contributed by atoms with van der Waals surface area (Å²) in [6, 6.07) is 3.14. The second kappa shape index (κ2) is 6.15. The van der Waals surface area contributed by atoms with Crippen LogP contribution in [-0.4, -0.2) is 35.8 Å². The summed E-state index contributed by atoms with van der Waals surface area (Å²) in [5.41, 5.74) is 5.89. The van der Waals surface area contributed by atoms with E-state index in [-0.39, 0.29) is 15.9 Å². The minimum absolute atomic E-state index is 0.0870. The Hall–Kier alpha value is -1.05. The van der Waals surface area contributed by atoms with Crippen LogP contribution in [0.1, 0.15) is 37.8 Å². The Morgan fingerprint density at radius 3 is 2.50 bits per heavy atom. The fourth-order valence-corrected chi connectivity index (χ4v) is 3.97. The third-order valence-electron chi connectivity index (χ3n) is 3.75. The lowest BCUT2D eigenvalue weighted by molar-refractivity contribution is 0.286. The fourth-order valence-electron chi connectivity index (χ4n) is 2.49. The molecule has 2 rings (SSSR count). The van der Waals surface area contributed by atoms with Crippen molar-refractivity contribution in [3.8, 4) is 0 Å². The number of hydrogen-bond acceptors (Lipinski definition) is 4. The molecule has 5 nitrogen and oxygen atoms in total. The van der Waals surface area contributed by atoms with Crippen LogP contribution in [0.5, 0.6) is 0 Å². The molecule has 0 unspecified atom stereocenters. The molecule has 0 atom stereocenters. The van der Waals surface area contributed by atoms with Crippen LogP contribution in [0.25, 0.3) is 0 Å². The lowest BCUT2D eigenvalue weighted by atomic mass is 9.96. The largest absolute Gasteiger partial charge is 0.388 e. The Labute approximate surface area is 125 Å². The van der Waals surface area contributed by atoms with Gasteiger partial charge in [-0.2, -0.15) is 4.31 Å². The summed E-state index contributed by atoms with van der Waals surface area (Å²) in [6.45, 7) is 0. The highest BCUT2D eigenvalue weighted by atomic mass is 32.2. The van der Waals surface area contributed by atoms with E-state index in [0.29, 0.717) is 5.69 Å². The quantitative estimate of drug-likeness (QED) is 0.856. The lowest BCUT2D eigenvalue weighted by Gasteiger charge is -2.30. The number of sulfonamides is 1. The zero-order chi connectivity index (χ0) is 14.8. The van der Waals surface area contributed by atoms with Crippen molar-refractivity contribution in [2.45, 2.75) is 43.0 Å². The lowest BCUT2D eigenvalue weighted by Crippen LogP contribution is -2.38.